The van der Waals surface area contributed by atoms with Crippen LogP contribution in [0.5, 0.6) is 5.75 Å². The Labute approximate surface area is 209 Å². The molecule has 1 rings (SSSR count). The number of rotatable bonds is 14. The van der Waals surface area contributed by atoms with Gasteiger partial charge in [0.15, 0.2) is 0 Å². The molecule has 12 nitrogen and oxygen atoms in total. The zero-order valence-corrected chi connectivity index (χ0v) is 20.7. The predicted octanol–water partition coefficient (Wildman–Crippen LogP) is -0.367. The number of aromatic hydroxyl groups is 1. The Morgan fingerprint density at radius 1 is 0.889 bits per heavy atom. The number of phenols is 1. The molecule has 4 amide bonds. The van der Waals surface area contributed by atoms with E-state index in [1.54, 1.807) is 26.0 Å². The lowest BCUT2D eigenvalue weighted by molar-refractivity contribution is -0.137. The van der Waals surface area contributed by atoms with Crippen LogP contribution in [0.2, 0.25) is 0 Å². The van der Waals surface area contributed by atoms with Crippen LogP contribution in [-0.4, -0.2) is 70.3 Å². The Kier molecular flexibility index (Phi) is 12.1. The Balaban J connectivity index is 2.85. The number of carbonyl (C=O) groups excluding carboxylic acids is 5. The summed E-state index contributed by atoms with van der Waals surface area (Å²) in [5.74, 6) is -3.85. The number of carboxylic acids is 1. The van der Waals surface area contributed by atoms with Gasteiger partial charge in [-0.15, -0.1) is 0 Å². The molecule has 0 aromatic heterocycles. The first-order chi connectivity index (χ1) is 16.8. The first-order valence-corrected chi connectivity index (χ1v) is 11.5. The molecule has 0 saturated heterocycles. The average Bonchev–Trinajstić information content (AvgIpc) is 2.79. The van der Waals surface area contributed by atoms with E-state index in [4.69, 9.17) is 5.11 Å². The molecule has 12 heteroatoms. The van der Waals surface area contributed by atoms with Gasteiger partial charge in [-0.3, -0.25) is 24.0 Å². The van der Waals surface area contributed by atoms with Crippen molar-refractivity contribution < 1.29 is 39.0 Å². The van der Waals surface area contributed by atoms with Crippen LogP contribution in [0.15, 0.2) is 24.3 Å². The normalized spacial score (nSPS) is 14.0. The van der Waals surface area contributed by atoms with Crippen molar-refractivity contribution in [3.63, 3.8) is 0 Å². The minimum absolute atomic E-state index is 0.0512. The number of hydrogen-bond donors (Lipinski definition) is 6. The molecule has 0 saturated carbocycles. The van der Waals surface area contributed by atoms with Gasteiger partial charge in [0.05, 0.1) is 6.04 Å². The van der Waals surface area contributed by atoms with Crippen molar-refractivity contribution in [1.29, 1.82) is 0 Å². The third kappa shape index (κ3) is 10.5. The molecule has 0 radical (unpaired) electrons. The van der Waals surface area contributed by atoms with Gasteiger partial charge in [-0.05, 0) is 37.0 Å². The van der Waals surface area contributed by atoms with Crippen molar-refractivity contribution in [3.05, 3.63) is 29.8 Å². The molecule has 0 spiro atoms. The fourth-order valence-electron chi connectivity index (χ4n) is 3.24. The first kappa shape index (κ1) is 30.1. The summed E-state index contributed by atoms with van der Waals surface area (Å²) >= 11 is 0. The van der Waals surface area contributed by atoms with Crippen LogP contribution in [0, 0.1) is 5.92 Å². The lowest BCUT2D eigenvalue weighted by Gasteiger charge is -2.26. The van der Waals surface area contributed by atoms with Crippen LogP contribution in [0.1, 0.15) is 46.1 Å². The van der Waals surface area contributed by atoms with Crippen molar-refractivity contribution in [1.82, 2.24) is 21.3 Å². The zero-order chi connectivity index (χ0) is 27.4. The quantitative estimate of drug-likeness (QED) is 0.184. The van der Waals surface area contributed by atoms with Gasteiger partial charge >= 0.3 is 5.97 Å². The Hall–Kier alpha value is -3.96. The van der Waals surface area contributed by atoms with Gasteiger partial charge in [-0.2, -0.15) is 0 Å². The first-order valence-electron chi connectivity index (χ1n) is 11.5. The van der Waals surface area contributed by atoms with Crippen LogP contribution < -0.4 is 21.3 Å². The molecule has 4 atom stereocenters. The second-order valence-electron chi connectivity index (χ2n) is 8.77. The van der Waals surface area contributed by atoms with Gasteiger partial charge < -0.3 is 36.3 Å². The van der Waals surface area contributed by atoms with Crippen LogP contribution in [0.4, 0.5) is 0 Å². The molecule has 0 aliphatic carbocycles. The molecule has 0 heterocycles. The van der Waals surface area contributed by atoms with Gasteiger partial charge in [-0.1, -0.05) is 26.0 Å². The van der Waals surface area contributed by atoms with Crippen LogP contribution >= 0.6 is 0 Å². The second kappa shape index (κ2) is 14.4. The van der Waals surface area contributed by atoms with Crippen LogP contribution in [-0.2, 0) is 35.2 Å². The lowest BCUT2D eigenvalue weighted by Crippen LogP contribution is -2.58. The largest absolute Gasteiger partial charge is 0.508 e. The highest BCUT2D eigenvalue weighted by Crippen LogP contribution is 2.12. The highest BCUT2D eigenvalue weighted by atomic mass is 16.4. The minimum Gasteiger partial charge on any atom is -0.508 e. The SMILES string of the molecule is CC(=O)N[C@@H](Cc1ccc(O)cc1)C(=O)N[C@H](C(=O)N[C@@H](C)C(=O)NC(C=O)CCC(=O)O)C(C)C. The van der Waals surface area contributed by atoms with E-state index in [1.807, 2.05) is 0 Å². The van der Waals surface area contributed by atoms with Gasteiger partial charge in [0.2, 0.25) is 23.6 Å². The summed E-state index contributed by atoms with van der Waals surface area (Å²) < 4.78 is 0. The minimum atomic E-state index is -1.11. The highest BCUT2D eigenvalue weighted by Gasteiger charge is 2.30. The number of benzene rings is 1. The standard InChI is InChI=1S/C24H34N4O8/c1-13(2)21(24(36)25-14(3)22(34)27-17(12-29)7-10-20(32)33)28-23(35)19(26-15(4)30)11-16-5-8-18(31)9-6-16/h5-6,8-9,12-14,17,19,21,31H,7,10-11H2,1-4H3,(H,25,36)(H,26,30)(H,27,34)(H,28,35)(H,32,33)/t14-,17?,19-,21-/m0/s1. The monoisotopic (exact) mass is 506 g/mol. The molecule has 1 unspecified atom stereocenters. The van der Waals surface area contributed by atoms with Crippen LogP contribution in [0.25, 0.3) is 0 Å². The summed E-state index contributed by atoms with van der Waals surface area (Å²) in [5.41, 5.74) is 0.671. The van der Waals surface area contributed by atoms with Gasteiger partial charge in [0.1, 0.15) is 30.2 Å². The second-order valence-corrected chi connectivity index (χ2v) is 8.77. The molecule has 0 aliphatic heterocycles. The number of aldehydes is 1. The van der Waals surface area contributed by atoms with E-state index in [0.29, 0.717) is 11.8 Å². The molecule has 6 N–H and O–H groups in total. The lowest BCUT2D eigenvalue weighted by atomic mass is 10.0. The fourth-order valence-corrected chi connectivity index (χ4v) is 3.24. The van der Waals surface area contributed by atoms with E-state index in [9.17, 15) is 33.9 Å². The molecule has 1 aromatic rings. The van der Waals surface area contributed by atoms with Crippen molar-refractivity contribution >= 4 is 35.9 Å². The van der Waals surface area contributed by atoms with E-state index < -0.39 is 53.8 Å². The number of aliphatic carboxylic acids is 1. The number of hydrogen-bond acceptors (Lipinski definition) is 7. The Morgan fingerprint density at radius 3 is 2.00 bits per heavy atom. The van der Waals surface area contributed by atoms with Crippen molar-refractivity contribution in [2.45, 2.75) is 71.1 Å². The summed E-state index contributed by atoms with van der Waals surface area (Å²) in [7, 11) is 0. The van der Waals surface area contributed by atoms with Crippen molar-refractivity contribution in [3.8, 4) is 5.75 Å². The molecule has 0 fully saturated rings. The molecule has 198 valence electrons. The number of carbonyl (C=O) groups is 6. The van der Waals surface area contributed by atoms with E-state index >= 15 is 0 Å². The average molecular weight is 507 g/mol. The van der Waals surface area contributed by atoms with E-state index in [1.165, 1.54) is 26.0 Å². The van der Waals surface area contributed by atoms with E-state index in [0.717, 1.165) is 0 Å². The van der Waals surface area contributed by atoms with E-state index in [2.05, 4.69) is 21.3 Å². The number of phenolic OH excluding ortho intramolecular Hbond substituents is 1. The molecule has 36 heavy (non-hydrogen) atoms. The Morgan fingerprint density at radius 2 is 1.50 bits per heavy atom. The summed E-state index contributed by atoms with van der Waals surface area (Å²) in [6, 6.07) is 1.97. The Bertz CT molecular complexity index is 948. The van der Waals surface area contributed by atoms with Crippen LogP contribution in [0.3, 0.4) is 0 Å². The summed E-state index contributed by atoms with van der Waals surface area (Å²) in [4.78, 5) is 71.7. The predicted molar refractivity (Wildman–Crippen MR) is 129 cm³/mol. The number of carboxylic acid groups (broad SMARTS) is 1. The summed E-state index contributed by atoms with van der Waals surface area (Å²) in [5, 5.41) is 28.2. The molecule has 0 bridgehead atoms. The maximum atomic E-state index is 13.0. The number of amides is 4. The van der Waals surface area contributed by atoms with Gasteiger partial charge in [-0.25, -0.2) is 0 Å². The van der Waals surface area contributed by atoms with Gasteiger partial charge in [0, 0.05) is 19.8 Å². The molecular formula is C24H34N4O8. The smallest absolute Gasteiger partial charge is 0.303 e. The summed E-state index contributed by atoms with van der Waals surface area (Å²) in [6.07, 6.45) is 0.121. The van der Waals surface area contributed by atoms with Gasteiger partial charge in [0.25, 0.3) is 0 Å². The maximum absolute atomic E-state index is 13.0. The van der Waals surface area contributed by atoms with Crippen molar-refractivity contribution in [2.24, 2.45) is 5.92 Å². The van der Waals surface area contributed by atoms with Crippen molar-refractivity contribution in [2.75, 3.05) is 0 Å². The third-order valence-electron chi connectivity index (χ3n) is 5.23. The maximum Gasteiger partial charge on any atom is 0.303 e. The highest BCUT2D eigenvalue weighted by molar-refractivity contribution is 5.94. The summed E-state index contributed by atoms with van der Waals surface area (Å²) in [6.45, 7) is 6.03. The molecular weight excluding hydrogens is 472 g/mol. The fraction of sp³-hybridized carbons (Fsp3) is 0.500. The van der Waals surface area contributed by atoms with E-state index in [-0.39, 0.29) is 30.9 Å². The third-order valence-corrected chi connectivity index (χ3v) is 5.23. The topological polar surface area (TPSA) is 191 Å². The molecule has 1 aromatic carbocycles. The molecule has 0 aliphatic rings. The number of nitrogens with one attached hydrogen (secondary N) is 4. The zero-order valence-electron chi connectivity index (χ0n) is 20.7.